The van der Waals surface area contributed by atoms with E-state index in [9.17, 15) is 4.79 Å². The van der Waals surface area contributed by atoms with Gasteiger partial charge in [-0.25, -0.2) is 0 Å². The summed E-state index contributed by atoms with van der Waals surface area (Å²) in [5, 5.41) is 0. The van der Waals surface area contributed by atoms with Crippen LogP contribution in [0.15, 0.2) is 0 Å². The molecule has 0 aromatic carbocycles. The molecule has 0 radical (unpaired) electrons. The van der Waals surface area contributed by atoms with Gasteiger partial charge in [-0.3, -0.25) is 10.5 Å². The van der Waals surface area contributed by atoms with Crippen molar-refractivity contribution < 1.29 is 14.3 Å². The van der Waals surface area contributed by atoms with Crippen LogP contribution >= 0.6 is 0 Å². The maximum absolute atomic E-state index is 10.9. The molecule has 0 aromatic rings. The molecule has 0 aliphatic carbocycles. The van der Waals surface area contributed by atoms with Crippen LogP contribution in [0.1, 0.15) is 6.92 Å². The van der Waals surface area contributed by atoms with Gasteiger partial charge in [0.2, 0.25) is 0 Å². The minimum atomic E-state index is -0.249. The Balaban J connectivity index is 2.27. The fraction of sp³-hybridized carbons (Fsp3) is 0.833. The van der Waals surface area contributed by atoms with Gasteiger partial charge >= 0.3 is 5.97 Å². The van der Waals surface area contributed by atoms with Gasteiger partial charge < -0.3 is 9.47 Å². The Morgan fingerprint density at radius 2 is 2.60 bits per heavy atom. The Morgan fingerprint density at radius 3 is 2.90 bits per heavy atom. The smallest absolute Gasteiger partial charge is 0.315 e. The molecule has 1 aliphatic heterocycles. The minimum Gasteiger partial charge on any atom is -0.450 e. The number of ether oxygens (including phenoxy) is 2. The maximum Gasteiger partial charge on any atom is 0.315 e. The monoisotopic (exact) mass is 145 g/mol. The number of nitrogens with two attached hydrogens (primary N) is 1. The van der Waals surface area contributed by atoms with Gasteiger partial charge in [0.25, 0.3) is 0 Å². The first kappa shape index (κ1) is 7.50. The molecule has 1 saturated heterocycles. The van der Waals surface area contributed by atoms with Crippen molar-refractivity contribution >= 4 is 5.97 Å². The number of rotatable bonds is 2. The summed E-state index contributed by atoms with van der Waals surface area (Å²) in [6, 6.07) is 0. The summed E-state index contributed by atoms with van der Waals surface area (Å²) < 4.78 is 9.54. The quantitative estimate of drug-likeness (QED) is 0.419. The summed E-state index contributed by atoms with van der Waals surface area (Å²) in [6.45, 7) is 2.27. The third-order valence-electron chi connectivity index (χ3n) is 1.63. The highest BCUT2D eigenvalue weighted by atomic mass is 16.6. The maximum atomic E-state index is 10.9. The van der Waals surface area contributed by atoms with E-state index >= 15 is 0 Å². The summed E-state index contributed by atoms with van der Waals surface area (Å²) in [7, 11) is 0. The lowest BCUT2D eigenvalue weighted by molar-refractivity contribution is -0.175. The van der Waals surface area contributed by atoms with Gasteiger partial charge in [0.15, 0.2) is 0 Å². The van der Waals surface area contributed by atoms with Gasteiger partial charge in [0, 0.05) is 0 Å². The van der Waals surface area contributed by atoms with Crippen LogP contribution in [0.3, 0.4) is 0 Å². The molecule has 0 bridgehead atoms. The average molecular weight is 145 g/mol. The summed E-state index contributed by atoms with van der Waals surface area (Å²) >= 11 is 0. The van der Waals surface area contributed by atoms with Crippen LogP contribution in [-0.4, -0.2) is 25.4 Å². The SMILES string of the molecule is CC1OCC1C(=O)OCN. The van der Waals surface area contributed by atoms with E-state index in [0.29, 0.717) is 6.61 Å². The zero-order valence-corrected chi connectivity index (χ0v) is 5.87. The van der Waals surface area contributed by atoms with Gasteiger partial charge in [-0.05, 0) is 6.92 Å². The van der Waals surface area contributed by atoms with Crippen molar-refractivity contribution in [2.45, 2.75) is 13.0 Å². The van der Waals surface area contributed by atoms with E-state index in [-0.39, 0.29) is 24.7 Å². The van der Waals surface area contributed by atoms with Crippen LogP contribution in [0.5, 0.6) is 0 Å². The van der Waals surface area contributed by atoms with E-state index in [2.05, 4.69) is 4.74 Å². The van der Waals surface area contributed by atoms with Gasteiger partial charge in [0.05, 0.1) is 12.7 Å². The van der Waals surface area contributed by atoms with Gasteiger partial charge in [-0.1, -0.05) is 0 Å². The van der Waals surface area contributed by atoms with Crippen molar-refractivity contribution in [3.8, 4) is 0 Å². The number of hydrogen-bond donors (Lipinski definition) is 1. The van der Waals surface area contributed by atoms with E-state index in [0.717, 1.165) is 0 Å². The second-order valence-electron chi connectivity index (χ2n) is 2.27. The standard InChI is InChI=1S/C6H11NO3/c1-4-5(2-9-4)6(8)10-3-7/h4-5H,2-3,7H2,1H3. The molecule has 10 heavy (non-hydrogen) atoms. The molecule has 2 N–H and O–H groups in total. The molecular formula is C6H11NO3. The van der Waals surface area contributed by atoms with E-state index in [1.807, 2.05) is 6.92 Å². The summed E-state index contributed by atoms with van der Waals surface area (Å²) in [4.78, 5) is 10.9. The molecule has 0 aromatic heterocycles. The summed E-state index contributed by atoms with van der Waals surface area (Å²) in [5.41, 5.74) is 5.01. The fourth-order valence-corrected chi connectivity index (χ4v) is 0.834. The first-order valence-electron chi connectivity index (χ1n) is 3.24. The van der Waals surface area contributed by atoms with Crippen LogP contribution in [0.2, 0.25) is 0 Å². The van der Waals surface area contributed by atoms with Gasteiger partial charge in [0.1, 0.15) is 12.6 Å². The first-order chi connectivity index (χ1) is 4.75. The number of esters is 1. The predicted octanol–water partition coefficient (Wildman–Crippen LogP) is -0.519. The third-order valence-corrected chi connectivity index (χ3v) is 1.63. The number of carbonyl (C=O) groups is 1. The van der Waals surface area contributed by atoms with Crippen molar-refractivity contribution in [3.63, 3.8) is 0 Å². The molecule has 1 aliphatic rings. The van der Waals surface area contributed by atoms with Crippen molar-refractivity contribution in [1.82, 2.24) is 0 Å². The second-order valence-corrected chi connectivity index (χ2v) is 2.27. The third kappa shape index (κ3) is 1.27. The zero-order valence-electron chi connectivity index (χ0n) is 5.87. The molecule has 2 atom stereocenters. The average Bonchev–Trinajstić information content (AvgIpc) is 1.85. The lowest BCUT2D eigenvalue weighted by Crippen LogP contribution is -2.44. The van der Waals surface area contributed by atoms with E-state index in [4.69, 9.17) is 10.5 Å². The highest BCUT2D eigenvalue weighted by Gasteiger charge is 2.35. The Hall–Kier alpha value is -0.610. The van der Waals surface area contributed by atoms with E-state index in [1.165, 1.54) is 0 Å². The minimum absolute atomic E-state index is 0.000880. The highest BCUT2D eigenvalue weighted by molar-refractivity contribution is 5.74. The molecule has 1 rings (SSSR count). The van der Waals surface area contributed by atoms with Crippen molar-refractivity contribution in [3.05, 3.63) is 0 Å². The topological polar surface area (TPSA) is 61.5 Å². The normalized spacial score (nSPS) is 31.0. The predicted molar refractivity (Wildman–Crippen MR) is 34.1 cm³/mol. The molecule has 0 spiro atoms. The Bertz CT molecular complexity index is 137. The molecule has 1 heterocycles. The first-order valence-corrected chi connectivity index (χ1v) is 3.24. The molecule has 2 unspecified atom stereocenters. The molecule has 1 fully saturated rings. The molecule has 4 heteroatoms. The molecule has 0 saturated carbocycles. The van der Waals surface area contributed by atoms with Crippen molar-refractivity contribution in [2.24, 2.45) is 11.7 Å². The Labute approximate surface area is 59.3 Å². The van der Waals surface area contributed by atoms with Crippen molar-refractivity contribution in [2.75, 3.05) is 13.3 Å². The fourth-order valence-electron chi connectivity index (χ4n) is 0.834. The molecule has 58 valence electrons. The highest BCUT2D eigenvalue weighted by Crippen LogP contribution is 2.20. The summed E-state index contributed by atoms with van der Waals surface area (Å²) in [5.74, 6) is -0.343. The number of hydrogen-bond acceptors (Lipinski definition) is 4. The van der Waals surface area contributed by atoms with Crippen LogP contribution in [0, 0.1) is 5.92 Å². The molecule has 4 nitrogen and oxygen atoms in total. The van der Waals surface area contributed by atoms with Crippen LogP contribution in [0.4, 0.5) is 0 Å². The van der Waals surface area contributed by atoms with Crippen LogP contribution in [0.25, 0.3) is 0 Å². The van der Waals surface area contributed by atoms with Crippen LogP contribution < -0.4 is 5.73 Å². The van der Waals surface area contributed by atoms with Gasteiger partial charge in [-0.2, -0.15) is 0 Å². The van der Waals surface area contributed by atoms with E-state index in [1.54, 1.807) is 0 Å². The van der Waals surface area contributed by atoms with Crippen molar-refractivity contribution in [1.29, 1.82) is 0 Å². The largest absolute Gasteiger partial charge is 0.450 e. The zero-order chi connectivity index (χ0) is 7.56. The molecular weight excluding hydrogens is 134 g/mol. The lowest BCUT2D eigenvalue weighted by Gasteiger charge is -2.31. The number of carbonyl (C=O) groups excluding carboxylic acids is 1. The Morgan fingerprint density at radius 1 is 1.90 bits per heavy atom. The van der Waals surface area contributed by atoms with E-state index < -0.39 is 0 Å². The Kier molecular flexibility index (Phi) is 2.24. The lowest BCUT2D eigenvalue weighted by atomic mass is 10.0. The van der Waals surface area contributed by atoms with Gasteiger partial charge in [-0.15, -0.1) is 0 Å². The molecule has 0 amide bonds. The second kappa shape index (κ2) is 2.98. The summed E-state index contributed by atoms with van der Waals surface area (Å²) in [6.07, 6.45) is -0.000880. The van der Waals surface area contributed by atoms with Crippen LogP contribution in [-0.2, 0) is 14.3 Å².